The number of halogens is 10. The van der Waals surface area contributed by atoms with Crippen molar-refractivity contribution in [1.29, 1.82) is 0 Å². The molecule has 124 valence electrons. The molecule has 23 heavy (non-hydrogen) atoms. The Morgan fingerprint density at radius 3 is 1.00 bits per heavy atom. The minimum atomic E-state index is -2.04. The van der Waals surface area contributed by atoms with Crippen molar-refractivity contribution < 1.29 is 31.1 Å². The minimum absolute atomic E-state index is 1.11. The molecule has 0 saturated heterocycles. The van der Waals surface area contributed by atoms with E-state index in [2.05, 4.69) is 4.74 Å². The van der Waals surface area contributed by atoms with Gasteiger partial charge in [0, 0.05) is 0 Å². The van der Waals surface area contributed by atoms with E-state index in [1.807, 2.05) is 0 Å². The lowest BCUT2D eigenvalue weighted by atomic mass is 10.2. The zero-order valence-electron chi connectivity index (χ0n) is 10.2. The van der Waals surface area contributed by atoms with Gasteiger partial charge in [-0.1, -0.05) is 46.4 Å². The van der Waals surface area contributed by atoms with E-state index < -0.39 is 66.5 Å². The van der Waals surface area contributed by atoms with Gasteiger partial charge >= 0.3 is 0 Å². The fourth-order valence-electron chi connectivity index (χ4n) is 1.45. The minimum Gasteiger partial charge on any atom is -0.445 e. The van der Waals surface area contributed by atoms with Gasteiger partial charge in [0.25, 0.3) is 0 Å². The van der Waals surface area contributed by atoms with E-state index >= 15 is 0 Å². The van der Waals surface area contributed by atoms with Crippen LogP contribution in [0.25, 0.3) is 0 Å². The van der Waals surface area contributed by atoms with Crippen molar-refractivity contribution in [1.82, 2.24) is 0 Å². The van der Waals surface area contributed by atoms with Crippen LogP contribution in [0.4, 0.5) is 26.3 Å². The molecule has 0 aliphatic rings. The lowest BCUT2D eigenvalue weighted by Gasteiger charge is -2.13. The molecule has 11 heteroatoms. The Morgan fingerprint density at radius 1 is 0.435 bits per heavy atom. The first-order valence-corrected chi connectivity index (χ1v) is 6.81. The molecule has 2 rings (SSSR count). The molecule has 0 unspecified atom stereocenters. The average molecular weight is 416 g/mol. The summed E-state index contributed by atoms with van der Waals surface area (Å²) in [6, 6.07) is 0. The van der Waals surface area contributed by atoms with Crippen LogP contribution in [0.1, 0.15) is 0 Å². The third-order valence-corrected chi connectivity index (χ3v) is 4.16. The van der Waals surface area contributed by atoms with Gasteiger partial charge in [-0.15, -0.1) is 0 Å². The van der Waals surface area contributed by atoms with Gasteiger partial charge in [-0.25, -0.2) is 17.6 Å². The van der Waals surface area contributed by atoms with Gasteiger partial charge in [0.05, 0.1) is 0 Å². The third-order valence-electron chi connectivity index (χ3n) is 2.54. The van der Waals surface area contributed by atoms with Crippen LogP contribution in [-0.2, 0) is 0 Å². The monoisotopic (exact) mass is 414 g/mol. The summed E-state index contributed by atoms with van der Waals surface area (Å²) < 4.78 is 86.0. The van der Waals surface area contributed by atoms with Crippen LogP contribution in [-0.4, -0.2) is 0 Å². The molecular formula is C12Cl4F6O. The predicted octanol–water partition coefficient (Wildman–Crippen LogP) is 6.93. The zero-order chi connectivity index (χ0) is 17.6. The molecule has 2 aromatic rings. The normalized spacial score (nSPS) is 11.0. The molecule has 0 N–H and O–H groups in total. The molecule has 0 spiro atoms. The summed E-state index contributed by atoms with van der Waals surface area (Å²) in [6.07, 6.45) is 0. The van der Waals surface area contributed by atoms with Crippen molar-refractivity contribution in [3.63, 3.8) is 0 Å². The van der Waals surface area contributed by atoms with Crippen LogP contribution in [0, 0.1) is 34.9 Å². The summed E-state index contributed by atoms with van der Waals surface area (Å²) in [7, 11) is 0. The topological polar surface area (TPSA) is 9.23 Å². The van der Waals surface area contributed by atoms with E-state index in [1.54, 1.807) is 0 Å². The maximum Gasteiger partial charge on any atom is 0.206 e. The van der Waals surface area contributed by atoms with Crippen molar-refractivity contribution in [3.05, 3.63) is 55.0 Å². The molecule has 0 amide bonds. The van der Waals surface area contributed by atoms with Gasteiger partial charge < -0.3 is 4.74 Å². The highest BCUT2D eigenvalue weighted by Crippen LogP contribution is 2.43. The van der Waals surface area contributed by atoms with E-state index in [4.69, 9.17) is 46.4 Å². The van der Waals surface area contributed by atoms with Crippen molar-refractivity contribution >= 4 is 46.4 Å². The second kappa shape index (κ2) is 6.47. The van der Waals surface area contributed by atoms with Crippen LogP contribution in [0.15, 0.2) is 0 Å². The average Bonchev–Trinajstić information content (AvgIpc) is 2.54. The van der Waals surface area contributed by atoms with Crippen LogP contribution < -0.4 is 4.74 Å². The van der Waals surface area contributed by atoms with Crippen molar-refractivity contribution in [2.24, 2.45) is 0 Å². The second-order valence-corrected chi connectivity index (χ2v) is 5.41. The number of rotatable bonds is 2. The van der Waals surface area contributed by atoms with E-state index in [1.165, 1.54) is 0 Å². The summed E-state index contributed by atoms with van der Waals surface area (Å²) in [4.78, 5) is 0. The van der Waals surface area contributed by atoms with Gasteiger partial charge in [0.2, 0.25) is 23.1 Å². The lowest BCUT2D eigenvalue weighted by Crippen LogP contribution is -2.03. The zero-order valence-corrected chi connectivity index (χ0v) is 13.2. The predicted molar refractivity (Wildman–Crippen MR) is 72.7 cm³/mol. The maximum absolute atomic E-state index is 13.8. The quantitative estimate of drug-likeness (QED) is 0.293. The number of benzene rings is 2. The third kappa shape index (κ3) is 2.91. The molecule has 1 nitrogen and oxygen atoms in total. The first-order valence-electron chi connectivity index (χ1n) is 5.30. The molecule has 0 fully saturated rings. The number of hydrogen-bond donors (Lipinski definition) is 0. The van der Waals surface area contributed by atoms with E-state index in [0.717, 1.165) is 0 Å². The molecule has 0 atom stereocenters. The van der Waals surface area contributed by atoms with Gasteiger partial charge in [-0.3, -0.25) is 0 Å². The van der Waals surface area contributed by atoms with Crippen LogP contribution in [0.5, 0.6) is 11.5 Å². The first kappa shape index (κ1) is 18.3. The van der Waals surface area contributed by atoms with E-state index in [-0.39, 0.29) is 0 Å². The molecule has 2 aromatic carbocycles. The molecule has 0 aliphatic carbocycles. The van der Waals surface area contributed by atoms with Crippen molar-refractivity contribution in [2.75, 3.05) is 0 Å². The highest BCUT2D eigenvalue weighted by molar-refractivity contribution is 6.42. The fraction of sp³-hybridized carbons (Fsp3) is 0. The summed E-state index contributed by atoms with van der Waals surface area (Å²) in [5, 5.41) is -4.45. The Bertz CT molecular complexity index is 701. The van der Waals surface area contributed by atoms with E-state index in [9.17, 15) is 26.3 Å². The molecule has 0 bridgehead atoms. The Morgan fingerprint density at radius 2 is 0.696 bits per heavy atom. The van der Waals surface area contributed by atoms with Crippen molar-refractivity contribution in [3.8, 4) is 11.5 Å². The maximum atomic E-state index is 13.8. The SMILES string of the molecule is Fc1c(F)c(Oc2c(F)c(F)c(Cl)c(Cl)c2F)c(F)c(Cl)c1Cl. The fourth-order valence-corrected chi connectivity index (χ4v) is 2.12. The lowest BCUT2D eigenvalue weighted by molar-refractivity contribution is 0.345. The molecule has 0 radical (unpaired) electrons. The summed E-state index contributed by atoms with van der Waals surface area (Å²) in [5.41, 5.74) is 0. The van der Waals surface area contributed by atoms with Crippen molar-refractivity contribution in [2.45, 2.75) is 0 Å². The standard InChI is InChI=1S/C12Cl4F6O/c13-1-3(15)7(19)11(9(21)5(1)17)23-12-8(20)4(16)2(14)6(18)10(12)22. The molecular weight excluding hydrogens is 416 g/mol. The van der Waals surface area contributed by atoms with Gasteiger partial charge in [0.1, 0.15) is 20.1 Å². The highest BCUT2D eigenvalue weighted by atomic mass is 35.5. The number of ether oxygens (including phenoxy) is 1. The first-order chi connectivity index (χ1) is 10.6. The Labute approximate surface area is 144 Å². The van der Waals surface area contributed by atoms with Gasteiger partial charge in [0.15, 0.2) is 23.3 Å². The van der Waals surface area contributed by atoms with Crippen LogP contribution in [0.3, 0.4) is 0 Å². The van der Waals surface area contributed by atoms with E-state index in [0.29, 0.717) is 0 Å². The smallest absolute Gasteiger partial charge is 0.206 e. The summed E-state index contributed by atoms with van der Waals surface area (Å²) >= 11 is 21.0. The molecule has 0 aliphatic heterocycles. The Hall–Kier alpha value is -1.02. The largest absolute Gasteiger partial charge is 0.445 e. The van der Waals surface area contributed by atoms with Gasteiger partial charge in [-0.05, 0) is 0 Å². The van der Waals surface area contributed by atoms with Crippen LogP contribution in [0.2, 0.25) is 20.1 Å². The molecule has 0 heterocycles. The highest BCUT2D eigenvalue weighted by Gasteiger charge is 2.30. The summed E-state index contributed by atoms with van der Waals surface area (Å²) in [5.74, 6) is -14.6. The summed E-state index contributed by atoms with van der Waals surface area (Å²) in [6.45, 7) is 0. The van der Waals surface area contributed by atoms with Crippen LogP contribution >= 0.6 is 46.4 Å². The molecule has 0 saturated carbocycles. The Balaban J connectivity index is 2.71. The second-order valence-electron chi connectivity index (χ2n) is 3.90. The Kier molecular flexibility index (Phi) is 5.15. The van der Waals surface area contributed by atoms with Gasteiger partial charge in [-0.2, -0.15) is 8.78 Å². The molecule has 0 aromatic heterocycles. The number of hydrogen-bond acceptors (Lipinski definition) is 1.